The number of furan rings is 1. The van der Waals surface area contributed by atoms with Crippen molar-refractivity contribution in [2.45, 2.75) is 19.3 Å². The summed E-state index contributed by atoms with van der Waals surface area (Å²) in [4.78, 5) is 4.89. The average Bonchev–Trinajstić information content (AvgIpc) is 3.30. The van der Waals surface area contributed by atoms with Crippen LogP contribution in [0.2, 0.25) is 0 Å². The molecule has 0 radical (unpaired) electrons. The highest BCUT2D eigenvalue weighted by molar-refractivity contribution is 6.10. The highest BCUT2D eigenvalue weighted by atomic mass is 16.3. The largest absolute Gasteiger partial charge is 0.455 e. The van der Waals surface area contributed by atoms with Crippen molar-refractivity contribution in [2.24, 2.45) is 0 Å². The van der Waals surface area contributed by atoms with Crippen LogP contribution in [-0.2, 0) is 5.41 Å². The minimum Gasteiger partial charge on any atom is -0.455 e. The number of fused-ring (bicyclic) bond motifs is 7. The second kappa shape index (κ2) is 6.08. The number of hydrogen-bond donors (Lipinski definition) is 0. The first-order valence-corrected chi connectivity index (χ1v) is 10.9. The van der Waals surface area contributed by atoms with Crippen LogP contribution in [-0.4, -0.2) is 4.98 Å². The average molecular weight is 414 g/mol. The number of para-hydroxylation sites is 2. The Hall–Kier alpha value is -3.91. The molecule has 152 valence electrons. The quantitative estimate of drug-likeness (QED) is 0.272. The van der Waals surface area contributed by atoms with E-state index in [1.807, 2.05) is 18.3 Å². The number of aromatic nitrogens is 1. The Morgan fingerprint density at radius 2 is 1.59 bits per heavy atom. The van der Waals surface area contributed by atoms with Gasteiger partial charge in [-0.15, -0.1) is 0 Å². The molecule has 1 aliphatic rings. The van der Waals surface area contributed by atoms with Gasteiger partial charge in [-0.25, -0.2) is 0 Å². The molecule has 0 aliphatic heterocycles. The predicted octanol–water partition coefficient (Wildman–Crippen LogP) is 8.11. The predicted molar refractivity (Wildman–Crippen MR) is 132 cm³/mol. The third kappa shape index (κ3) is 2.22. The fraction of sp³-hybridized carbons (Fsp3) is 0.100. The number of pyridine rings is 1. The van der Waals surface area contributed by atoms with Gasteiger partial charge in [-0.05, 0) is 63.4 Å². The van der Waals surface area contributed by atoms with Crippen molar-refractivity contribution in [3.63, 3.8) is 0 Å². The molecule has 0 amide bonds. The van der Waals surface area contributed by atoms with Crippen LogP contribution in [0.4, 0.5) is 0 Å². The molecule has 32 heavy (non-hydrogen) atoms. The Kier molecular flexibility index (Phi) is 3.01. The molecule has 0 fully saturated rings. The Bertz CT molecular complexity index is 1810. The molecule has 4 aromatic carbocycles. The van der Waals surface area contributed by atoms with E-state index in [0.717, 1.165) is 27.6 Å². The smallest absolute Gasteiger partial charge is 0.144 e. The van der Waals surface area contributed by atoms with Gasteiger partial charge in [0.05, 0.1) is 8.44 Å². The summed E-state index contributed by atoms with van der Waals surface area (Å²) in [6.07, 6.45) is 1.89. The van der Waals surface area contributed by atoms with Crippen molar-refractivity contribution in [3.05, 3.63) is 102 Å². The van der Waals surface area contributed by atoms with E-state index in [9.17, 15) is 0 Å². The SMILES string of the molecule is [2H]c1cc2oc3c(-c4nccc5c4C(C)(C)c4cc6ccccc6cc4-5)cccc3c2cc1[2H]. The molecule has 2 heterocycles. The van der Waals surface area contributed by atoms with Gasteiger partial charge >= 0.3 is 0 Å². The van der Waals surface area contributed by atoms with Gasteiger partial charge < -0.3 is 4.42 Å². The summed E-state index contributed by atoms with van der Waals surface area (Å²) in [7, 11) is 0. The summed E-state index contributed by atoms with van der Waals surface area (Å²) in [5.74, 6) is 0. The lowest BCUT2D eigenvalue weighted by molar-refractivity contribution is 0.657. The van der Waals surface area contributed by atoms with E-state index in [-0.39, 0.29) is 17.5 Å². The molecule has 0 saturated carbocycles. The first kappa shape index (κ1) is 15.8. The van der Waals surface area contributed by atoms with Crippen LogP contribution >= 0.6 is 0 Å². The highest BCUT2D eigenvalue weighted by Gasteiger charge is 2.39. The summed E-state index contributed by atoms with van der Waals surface area (Å²) in [6, 6.07) is 25.1. The van der Waals surface area contributed by atoms with E-state index in [0.29, 0.717) is 5.58 Å². The molecule has 2 nitrogen and oxygen atoms in total. The molecule has 0 saturated heterocycles. The third-order valence-corrected chi connectivity index (χ3v) is 6.97. The van der Waals surface area contributed by atoms with E-state index in [4.69, 9.17) is 12.1 Å². The molecule has 7 rings (SSSR count). The number of rotatable bonds is 1. The zero-order valence-electron chi connectivity index (χ0n) is 19.9. The minimum absolute atomic E-state index is 0.162. The lowest BCUT2D eigenvalue weighted by Gasteiger charge is -2.24. The van der Waals surface area contributed by atoms with Gasteiger partial charge in [-0.2, -0.15) is 0 Å². The van der Waals surface area contributed by atoms with E-state index < -0.39 is 0 Å². The summed E-state index contributed by atoms with van der Waals surface area (Å²) in [5, 5.41) is 4.28. The number of nitrogens with zero attached hydrogens (tertiary/aromatic N) is 1. The normalized spacial score (nSPS) is 15.1. The number of benzene rings is 4. The number of hydrogen-bond acceptors (Lipinski definition) is 2. The Balaban J connectivity index is 1.54. The molecule has 0 unspecified atom stereocenters. The second-order valence-corrected chi connectivity index (χ2v) is 9.09. The van der Waals surface area contributed by atoms with Crippen molar-refractivity contribution < 1.29 is 7.16 Å². The summed E-state index contributed by atoms with van der Waals surface area (Å²) in [6.45, 7) is 4.55. The first-order chi connectivity index (χ1) is 16.4. The standard InChI is InChI=1S/C30H21NO/c1-30(2)25-17-19-9-4-3-8-18(19)16-24(25)21-14-15-31-28(27(21)30)23-12-7-11-22-20-10-5-6-13-26(20)32-29(22)23/h3-17H,1-2H3/i5D,6D. The maximum Gasteiger partial charge on any atom is 0.144 e. The van der Waals surface area contributed by atoms with Crippen molar-refractivity contribution in [1.29, 1.82) is 0 Å². The van der Waals surface area contributed by atoms with Gasteiger partial charge in [-0.3, -0.25) is 4.98 Å². The summed E-state index contributed by atoms with van der Waals surface area (Å²) >= 11 is 0. The van der Waals surface area contributed by atoms with Crippen LogP contribution in [0, 0.1) is 0 Å². The lowest BCUT2D eigenvalue weighted by atomic mass is 9.80. The molecule has 0 atom stereocenters. The summed E-state index contributed by atoms with van der Waals surface area (Å²) in [5.41, 5.74) is 8.00. The van der Waals surface area contributed by atoms with E-state index >= 15 is 0 Å². The fourth-order valence-corrected chi connectivity index (χ4v) is 5.46. The zero-order valence-corrected chi connectivity index (χ0v) is 17.9. The van der Waals surface area contributed by atoms with Gasteiger partial charge in [0, 0.05) is 27.9 Å². The second-order valence-electron chi connectivity index (χ2n) is 9.09. The molecule has 1 aliphatic carbocycles. The van der Waals surface area contributed by atoms with E-state index in [1.165, 1.54) is 33.0 Å². The molecular weight excluding hydrogens is 390 g/mol. The summed E-state index contributed by atoms with van der Waals surface area (Å²) < 4.78 is 22.4. The van der Waals surface area contributed by atoms with Gasteiger partial charge in [0.1, 0.15) is 11.2 Å². The Morgan fingerprint density at radius 3 is 2.47 bits per heavy atom. The third-order valence-electron chi connectivity index (χ3n) is 6.97. The van der Waals surface area contributed by atoms with Gasteiger partial charge in [-0.1, -0.05) is 68.4 Å². The maximum absolute atomic E-state index is 8.08. The van der Waals surface area contributed by atoms with Crippen molar-refractivity contribution in [2.75, 3.05) is 0 Å². The van der Waals surface area contributed by atoms with Crippen LogP contribution in [0.3, 0.4) is 0 Å². The Morgan fingerprint density at radius 1 is 0.781 bits per heavy atom. The van der Waals surface area contributed by atoms with E-state index in [2.05, 4.69) is 62.4 Å². The monoisotopic (exact) mass is 413 g/mol. The molecule has 0 bridgehead atoms. The zero-order chi connectivity index (χ0) is 23.2. The molecule has 0 spiro atoms. The maximum atomic E-state index is 8.08. The van der Waals surface area contributed by atoms with Crippen LogP contribution in [0.1, 0.15) is 27.7 Å². The lowest BCUT2D eigenvalue weighted by Crippen LogP contribution is -2.17. The molecule has 2 aromatic heterocycles. The van der Waals surface area contributed by atoms with Crippen LogP contribution < -0.4 is 0 Å². The Labute approximate surface area is 189 Å². The van der Waals surface area contributed by atoms with Crippen LogP contribution in [0.25, 0.3) is 55.1 Å². The first-order valence-electron chi connectivity index (χ1n) is 11.9. The highest BCUT2D eigenvalue weighted by Crippen LogP contribution is 2.53. The van der Waals surface area contributed by atoms with Gasteiger partial charge in [0.15, 0.2) is 0 Å². The van der Waals surface area contributed by atoms with Crippen molar-refractivity contribution >= 4 is 32.7 Å². The van der Waals surface area contributed by atoms with Crippen molar-refractivity contribution in [1.82, 2.24) is 4.98 Å². The topological polar surface area (TPSA) is 26.0 Å². The van der Waals surface area contributed by atoms with Crippen LogP contribution in [0.15, 0.2) is 95.5 Å². The fourth-order valence-electron chi connectivity index (χ4n) is 5.46. The molecular formula is C30H21NO. The van der Waals surface area contributed by atoms with Crippen molar-refractivity contribution in [3.8, 4) is 22.4 Å². The van der Waals surface area contributed by atoms with Gasteiger partial charge in [0.2, 0.25) is 0 Å². The van der Waals surface area contributed by atoms with Gasteiger partial charge in [0.25, 0.3) is 0 Å². The van der Waals surface area contributed by atoms with E-state index in [1.54, 1.807) is 12.1 Å². The molecule has 6 aromatic rings. The molecule has 2 heteroatoms. The molecule has 0 N–H and O–H groups in total. The minimum atomic E-state index is -0.227. The van der Waals surface area contributed by atoms with Crippen LogP contribution in [0.5, 0.6) is 0 Å².